The molecule has 1 aromatic rings. The second-order valence-corrected chi connectivity index (χ2v) is 5.58. The Labute approximate surface area is 116 Å². The van der Waals surface area contributed by atoms with Gasteiger partial charge in [0, 0.05) is 13.1 Å². The molecule has 0 heterocycles. The fraction of sp³-hybridized carbons (Fsp3) is 0.562. The summed E-state index contributed by atoms with van der Waals surface area (Å²) < 4.78 is 0. The third kappa shape index (κ3) is 3.56. The molecule has 0 aromatic heterocycles. The zero-order valence-corrected chi connectivity index (χ0v) is 11.9. The summed E-state index contributed by atoms with van der Waals surface area (Å²) in [6, 6.07) is 13.0. The standard InChI is InChI=1S/C16H23N3/c1-18-16(12-17,15-8-9-15)13-19(2)11-10-14-6-4-3-5-7-14/h3-7,15,18H,8-11,13H2,1-2H3. The van der Waals surface area contributed by atoms with Crippen LogP contribution in [-0.2, 0) is 6.42 Å². The molecule has 0 aliphatic heterocycles. The second-order valence-electron chi connectivity index (χ2n) is 5.58. The van der Waals surface area contributed by atoms with E-state index in [9.17, 15) is 5.26 Å². The zero-order valence-electron chi connectivity index (χ0n) is 11.9. The third-order valence-corrected chi connectivity index (χ3v) is 4.06. The molecule has 3 nitrogen and oxygen atoms in total. The van der Waals surface area contributed by atoms with Gasteiger partial charge < -0.3 is 10.2 Å². The number of nitrogens with one attached hydrogen (secondary N) is 1. The zero-order chi connectivity index (χ0) is 13.7. The van der Waals surface area contributed by atoms with Crippen LogP contribution in [0.5, 0.6) is 0 Å². The van der Waals surface area contributed by atoms with Crippen LogP contribution in [0, 0.1) is 17.2 Å². The molecule has 19 heavy (non-hydrogen) atoms. The second kappa shape index (κ2) is 6.18. The summed E-state index contributed by atoms with van der Waals surface area (Å²) in [6.45, 7) is 1.79. The Kier molecular flexibility index (Phi) is 4.57. The Morgan fingerprint density at radius 1 is 1.37 bits per heavy atom. The van der Waals surface area contributed by atoms with Crippen LogP contribution in [0.25, 0.3) is 0 Å². The van der Waals surface area contributed by atoms with Crippen LogP contribution in [0.3, 0.4) is 0 Å². The highest BCUT2D eigenvalue weighted by atomic mass is 15.1. The lowest BCUT2D eigenvalue weighted by atomic mass is 9.94. The molecule has 2 rings (SSSR count). The highest BCUT2D eigenvalue weighted by Gasteiger charge is 2.45. The molecule has 1 fully saturated rings. The van der Waals surface area contributed by atoms with Crippen molar-refractivity contribution in [2.45, 2.75) is 24.8 Å². The van der Waals surface area contributed by atoms with Crippen molar-refractivity contribution in [3.8, 4) is 6.07 Å². The van der Waals surface area contributed by atoms with Crippen molar-refractivity contribution in [3.63, 3.8) is 0 Å². The van der Waals surface area contributed by atoms with Gasteiger partial charge >= 0.3 is 0 Å². The van der Waals surface area contributed by atoms with Crippen LogP contribution < -0.4 is 5.32 Å². The van der Waals surface area contributed by atoms with E-state index in [1.807, 2.05) is 13.1 Å². The van der Waals surface area contributed by atoms with Gasteiger partial charge in [0.15, 0.2) is 0 Å². The molecule has 0 bridgehead atoms. The SMILES string of the molecule is CNC(C#N)(CN(C)CCc1ccccc1)C1CC1. The number of nitrogens with zero attached hydrogens (tertiary/aromatic N) is 2. The number of nitriles is 1. The maximum atomic E-state index is 9.48. The maximum Gasteiger partial charge on any atom is 0.122 e. The van der Waals surface area contributed by atoms with E-state index in [1.165, 1.54) is 18.4 Å². The van der Waals surface area contributed by atoms with Crippen molar-refractivity contribution >= 4 is 0 Å². The molecule has 3 heteroatoms. The molecule has 0 radical (unpaired) electrons. The summed E-state index contributed by atoms with van der Waals surface area (Å²) in [6.07, 6.45) is 3.40. The third-order valence-electron chi connectivity index (χ3n) is 4.06. The minimum atomic E-state index is -0.356. The van der Waals surface area contributed by atoms with Gasteiger partial charge in [0.2, 0.25) is 0 Å². The van der Waals surface area contributed by atoms with Crippen molar-refractivity contribution in [2.24, 2.45) is 5.92 Å². The maximum absolute atomic E-state index is 9.48. The van der Waals surface area contributed by atoms with Crippen LogP contribution in [0.15, 0.2) is 30.3 Å². The molecule has 1 N–H and O–H groups in total. The van der Waals surface area contributed by atoms with Gasteiger partial charge in [0.25, 0.3) is 0 Å². The minimum absolute atomic E-state index is 0.356. The first-order chi connectivity index (χ1) is 9.20. The van der Waals surface area contributed by atoms with Crippen LogP contribution in [0.4, 0.5) is 0 Å². The fourth-order valence-corrected chi connectivity index (χ4v) is 2.64. The number of likely N-dealkylation sites (N-methyl/N-ethyl adjacent to an activating group) is 2. The van der Waals surface area contributed by atoms with E-state index < -0.39 is 0 Å². The lowest BCUT2D eigenvalue weighted by Gasteiger charge is -2.31. The summed E-state index contributed by atoms with van der Waals surface area (Å²) in [5.41, 5.74) is 0.999. The van der Waals surface area contributed by atoms with Crippen molar-refractivity contribution in [1.82, 2.24) is 10.2 Å². The molecular weight excluding hydrogens is 234 g/mol. The van der Waals surface area contributed by atoms with Gasteiger partial charge in [0.05, 0.1) is 6.07 Å². The first-order valence-electron chi connectivity index (χ1n) is 7.03. The molecule has 1 unspecified atom stereocenters. The Balaban J connectivity index is 1.86. The van der Waals surface area contributed by atoms with Crippen LogP contribution in [0.1, 0.15) is 18.4 Å². The molecule has 1 aliphatic carbocycles. The predicted molar refractivity (Wildman–Crippen MR) is 77.8 cm³/mol. The fourth-order valence-electron chi connectivity index (χ4n) is 2.64. The molecule has 0 amide bonds. The van der Waals surface area contributed by atoms with Crippen LogP contribution in [-0.4, -0.2) is 37.6 Å². The Hall–Kier alpha value is -1.37. The van der Waals surface area contributed by atoms with Gasteiger partial charge in [-0.3, -0.25) is 0 Å². The van der Waals surface area contributed by atoms with Crippen LogP contribution in [0.2, 0.25) is 0 Å². The first-order valence-corrected chi connectivity index (χ1v) is 7.03. The Morgan fingerprint density at radius 3 is 2.58 bits per heavy atom. The highest BCUT2D eigenvalue weighted by Crippen LogP contribution is 2.39. The molecule has 102 valence electrons. The summed E-state index contributed by atoms with van der Waals surface area (Å²) in [5, 5.41) is 12.7. The van der Waals surface area contributed by atoms with E-state index in [0.29, 0.717) is 5.92 Å². The molecule has 0 spiro atoms. The first kappa shape index (κ1) is 14.0. The van der Waals surface area contributed by atoms with Crippen molar-refractivity contribution in [2.75, 3.05) is 27.2 Å². The molecule has 1 saturated carbocycles. The summed E-state index contributed by atoms with van der Waals surface area (Å²) in [4.78, 5) is 2.27. The summed E-state index contributed by atoms with van der Waals surface area (Å²) >= 11 is 0. The van der Waals surface area contributed by atoms with Gasteiger partial charge in [-0.25, -0.2) is 0 Å². The normalized spacial score (nSPS) is 18.0. The van der Waals surface area contributed by atoms with Gasteiger partial charge in [0.1, 0.15) is 5.54 Å². The number of hydrogen-bond donors (Lipinski definition) is 1. The quantitative estimate of drug-likeness (QED) is 0.812. The van der Waals surface area contributed by atoms with Crippen molar-refractivity contribution in [1.29, 1.82) is 5.26 Å². The molecule has 1 aromatic carbocycles. The van der Waals surface area contributed by atoms with E-state index in [4.69, 9.17) is 0 Å². The average Bonchev–Trinajstić information content (AvgIpc) is 3.29. The Bertz CT molecular complexity index is 433. The van der Waals surface area contributed by atoms with Gasteiger partial charge in [-0.1, -0.05) is 30.3 Å². The number of benzene rings is 1. The van der Waals surface area contributed by atoms with E-state index in [2.05, 4.69) is 47.6 Å². The number of rotatable bonds is 7. The predicted octanol–water partition coefficient (Wildman–Crippen LogP) is 2.05. The smallest absolute Gasteiger partial charge is 0.122 e. The van der Waals surface area contributed by atoms with Crippen molar-refractivity contribution < 1.29 is 0 Å². The van der Waals surface area contributed by atoms with E-state index >= 15 is 0 Å². The highest BCUT2D eigenvalue weighted by molar-refractivity contribution is 5.17. The molecular formula is C16H23N3. The Morgan fingerprint density at radius 2 is 2.05 bits per heavy atom. The monoisotopic (exact) mass is 257 g/mol. The minimum Gasteiger partial charge on any atom is -0.303 e. The topological polar surface area (TPSA) is 39.1 Å². The molecule has 1 atom stereocenters. The van der Waals surface area contributed by atoms with E-state index in [-0.39, 0.29) is 5.54 Å². The van der Waals surface area contributed by atoms with Gasteiger partial charge in [-0.05, 0) is 44.8 Å². The average molecular weight is 257 g/mol. The van der Waals surface area contributed by atoms with Crippen molar-refractivity contribution in [3.05, 3.63) is 35.9 Å². The van der Waals surface area contributed by atoms with E-state index in [1.54, 1.807) is 0 Å². The van der Waals surface area contributed by atoms with Crippen LogP contribution >= 0.6 is 0 Å². The summed E-state index contributed by atoms with van der Waals surface area (Å²) in [5.74, 6) is 0.529. The lowest BCUT2D eigenvalue weighted by Crippen LogP contribution is -2.52. The molecule has 1 aliphatic rings. The lowest BCUT2D eigenvalue weighted by molar-refractivity contribution is 0.239. The van der Waals surface area contributed by atoms with Gasteiger partial charge in [-0.2, -0.15) is 5.26 Å². The molecule has 0 saturated heterocycles. The largest absolute Gasteiger partial charge is 0.303 e. The number of hydrogen-bond acceptors (Lipinski definition) is 3. The van der Waals surface area contributed by atoms with Gasteiger partial charge in [-0.15, -0.1) is 0 Å². The van der Waals surface area contributed by atoms with E-state index in [0.717, 1.165) is 19.5 Å². The summed E-state index contributed by atoms with van der Waals surface area (Å²) in [7, 11) is 4.02.